The molecule has 1 amide bonds. The zero-order valence-corrected chi connectivity index (χ0v) is 18.4. The summed E-state index contributed by atoms with van der Waals surface area (Å²) in [5, 5.41) is 5.30. The van der Waals surface area contributed by atoms with Crippen LogP contribution >= 0.6 is 23.2 Å². The van der Waals surface area contributed by atoms with Gasteiger partial charge in [-0.25, -0.2) is 5.43 Å². The van der Waals surface area contributed by atoms with Gasteiger partial charge in [-0.2, -0.15) is 5.10 Å². The number of carbonyl (C=O) groups is 1. The van der Waals surface area contributed by atoms with Crippen LogP contribution in [0, 0.1) is 27.7 Å². The van der Waals surface area contributed by atoms with E-state index in [2.05, 4.69) is 16.6 Å². The van der Waals surface area contributed by atoms with Crippen LogP contribution in [0.15, 0.2) is 47.6 Å². The largest absolute Gasteiger partial charge is 0.316 e. The van der Waals surface area contributed by atoms with Crippen LogP contribution in [0.3, 0.4) is 0 Å². The molecule has 0 unspecified atom stereocenters. The van der Waals surface area contributed by atoms with Crippen LogP contribution < -0.4 is 5.43 Å². The summed E-state index contributed by atoms with van der Waals surface area (Å²) >= 11 is 12.4. The molecule has 1 aromatic heterocycles. The zero-order chi connectivity index (χ0) is 21.1. The Bertz CT molecular complexity index is 1100. The Labute approximate surface area is 181 Å². The maximum absolute atomic E-state index is 12.2. The number of nitrogens with one attached hydrogen (secondary N) is 1. The first-order valence-electron chi connectivity index (χ1n) is 9.28. The molecule has 1 heterocycles. The number of amides is 1. The molecule has 0 aliphatic rings. The van der Waals surface area contributed by atoms with Gasteiger partial charge >= 0.3 is 0 Å². The van der Waals surface area contributed by atoms with Crippen LogP contribution in [0.25, 0.3) is 5.69 Å². The second kappa shape index (κ2) is 8.85. The average Bonchev–Trinajstić information content (AvgIpc) is 2.92. The average molecular weight is 428 g/mol. The van der Waals surface area contributed by atoms with Crippen molar-refractivity contribution in [2.45, 2.75) is 34.1 Å². The van der Waals surface area contributed by atoms with E-state index in [1.54, 1.807) is 12.3 Å². The lowest BCUT2D eigenvalue weighted by molar-refractivity contribution is -0.120. The fourth-order valence-electron chi connectivity index (χ4n) is 3.38. The van der Waals surface area contributed by atoms with Crippen molar-refractivity contribution in [1.29, 1.82) is 0 Å². The second-order valence-electron chi connectivity index (χ2n) is 7.16. The normalized spacial score (nSPS) is 11.2. The van der Waals surface area contributed by atoms with Crippen LogP contribution in [-0.4, -0.2) is 16.7 Å². The molecule has 0 saturated heterocycles. The fraction of sp³-hybridized carbons (Fsp3) is 0.217. The van der Waals surface area contributed by atoms with E-state index < -0.39 is 0 Å². The predicted octanol–water partition coefficient (Wildman–Crippen LogP) is 5.71. The van der Waals surface area contributed by atoms with E-state index >= 15 is 0 Å². The summed E-state index contributed by atoms with van der Waals surface area (Å²) < 4.78 is 2.04. The topological polar surface area (TPSA) is 46.4 Å². The number of benzene rings is 2. The minimum Gasteiger partial charge on any atom is -0.316 e. The monoisotopic (exact) mass is 427 g/mol. The van der Waals surface area contributed by atoms with Gasteiger partial charge in [0.1, 0.15) is 0 Å². The summed E-state index contributed by atoms with van der Waals surface area (Å²) in [7, 11) is 0. The molecular formula is C23H23Cl2N3O. The van der Waals surface area contributed by atoms with Gasteiger partial charge in [-0.15, -0.1) is 0 Å². The molecule has 0 radical (unpaired) electrons. The van der Waals surface area contributed by atoms with Crippen LogP contribution in [0.2, 0.25) is 10.0 Å². The summed E-state index contributed by atoms with van der Waals surface area (Å²) in [6, 6.07) is 13.5. The van der Waals surface area contributed by atoms with Crippen molar-refractivity contribution in [3.63, 3.8) is 0 Å². The molecule has 0 bridgehead atoms. The number of aromatic nitrogens is 1. The SMILES string of the molecule is Cc1ccc(CC(=O)N/N=C\c2cc(C)n(-c3ccc(Cl)cc3Cl)c2C)c(C)c1. The molecule has 150 valence electrons. The Morgan fingerprint density at radius 3 is 2.52 bits per heavy atom. The van der Waals surface area contributed by atoms with Crippen molar-refractivity contribution in [2.24, 2.45) is 5.10 Å². The molecule has 3 aromatic rings. The van der Waals surface area contributed by atoms with Crippen molar-refractivity contribution >= 4 is 35.3 Å². The molecule has 4 nitrogen and oxygen atoms in total. The number of rotatable bonds is 5. The number of hydrazone groups is 1. The molecule has 2 aromatic carbocycles. The lowest BCUT2D eigenvalue weighted by Crippen LogP contribution is -2.20. The van der Waals surface area contributed by atoms with E-state index in [1.165, 1.54) is 5.56 Å². The van der Waals surface area contributed by atoms with E-state index in [4.69, 9.17) is 23.2 Å². The molecule has 0 spiro atoms. The van der Waals surface area contributed by atoms with Crippen LogP contribution in [0.4, 0.5) is 0 Å². The number of hydrogen-bond acceptors (Lipinski definition) is 2. The molecule has 0 fully saturated rings. The number of carbonyl (C=O) groups excluding carboxylic acids is 1. The van der Waals surface area contributed by atoms with E-state index in [-0.39, 0.29) is 5.91 Å². The van der Waals surface area contributed by atoms with Crippen LogP contribution in [-0.2, 0) is 11.2 Å². The number of nitrogens with zero attached hydrogens (tertiary/aromatic N) is 2. The maximum atomic E-state index is 12.2. The van der Waals surface area contributed by atoms with E-state index in [0.29, 0.717) is 16.5 Å². The molecule has 0 saturated carbocycles. The highest BCUT2D eigenvalue weighted by Gasteiger charge is 2.12. The van der Waals surface area contributed by atoms with Gasteiger partial charge in [0.05, 0.1) is 23.3 Å². The van der Waals surface area contributed by atoms with Gasteiger partial charge in [-0.1, -0.05) is 47.0 Å². The first-order chi connectivity index (χ1) is 13.8. The summed E-state index contributed by atoms with van der Waals surface area (Å²) in [6.07, 6.45) is 1.95. The number of halogens is 2. The zero-order valence-electron chi connectivity index (χ0n) is 16.9. The lowest BCUT2D eigenvalue weighted by atomic mass is 10.0. The molecule has 0 aliphatic heterocycles. The third kappa shape index (κ3) is 4.89. The van der Waals surface area contributed by atoms with Gasteiger partial charge in [0, 0.05) is 22.0 Å². The first-order valence-corrected chi connectivity index (χ1v) is 10.0. The predicted molar refractivity (Wildman–Crippen MR) is 121 cm³/mol. The summed E-state index contributed by atoms with van der Waals surface area (Å²) in [5.74, 6) is -0.150. The van der Waals surface area contributed by atoms with Gasteiger partial charge in [0.2, 0.25) is 5.91 Å². The quantitative estimate of drug-likeness (QED) is 0.411. The van der Waals surface area contributed by atoms with Crippen molar-refractivity contribution < 1.29 is 4.79 Å². The van der Waals surface area contributed by atoms with Gasteiger partial charge in [-0.3, -0.25) is 4.79 Å². The van der Waals surface area contributed by atoms with Crippen LogP contribution in [0.5, 0.6) is 0 Å². The summed E-state index contributed by atoms with van der Waals surface area (Å²) in [5.41, 5.74) is 9.63. The van der Waals surface area contributed by atoms with E-state index in [0.717, 1.165) is 33.8 Å². The molecule has 0 atom stereocenters. The van der Waals surface area contributed by atoms with Crippen molar-refractivity contribution in [3.8, 4) is 5.69 Å². The highest BCUT2D eigenvalue weighted by molar-refractivity contribution is 6.35. The number of aryl methyl sites for hydroxylation is 3. The Morgan fingerprint density at radius 2 is 1.83 bits per heavy atom. The molecular weight excluding hydrogens is 405 g/mol. The fourth-order valence-corrected chi connectivity index (χ4v) is 3.88. The molecule has 29 heavy (non-hydrogen) atoms. The molecule has 1 N–H and O–H groups in total. The Hall–Kier alpha value is -2.56. The molecule has 0 aliphatic carbocycles. The lowest BCUT2D eigenvalue weighted by Gasteiger charge is -2.11. The van der Waals surface area contributed by atoms with Gasteiger partial charge < -0.3 is 4.57 Å². The standard InChI is InChI=1S/C23H23Cl2N3O/c1-14-5-6-18(15(2)9-14)11-23(29)27-26-13-19-10-16(3)28(17(19)4)22-8-7-20(24)12-21(22)25/h5-10,12-13H,11H2,1-4H3,(H,27,29)/b26-13-. The second-order valence-corrected chi connectivity index (χ2v) is 8.00. The maximum Gasteiger partial charge on any atom is 0.244 e. The van der Waals surface area contributed by atoms with Crippen molar-refractivity contribution in [2.75, 3.05) is 0 Å². The Kier molecular flexibility index (Phi) is 6.46. The minimum absolute atomic E-state index is 0.150. The molecule has 3 rings (SSSR count). The van der Waals surface area contributed by atoms with Crippen LogP contribution in [0.1, 0.15) is 33.6 Å². The highest BCUT2D eigenvalue weighted by Crippen LogP contribution is 2.28. The summed E-state index contributed by atoms with van der Waals surface area (Å²) in [4.78, 5) is 12.2. The Morgan fingerprint density at radius 1 is 1.07 bits per heavy atom. The van der Waals surface area contributed by atoms with Gasteiger partial charge in [-0.05, 0) is 63.1 Å². The molecule has 6 heteroatoms. The van der Waals surface area contributed by atoms with Gasteiger partial charge in [0.15, 0.2) is 0 Å². The minimum atomic E-state index is -0.150. The number of hydrogen-bond donors (Lipinski definition) is 1. The Balaban J connectivity index is 1.73. The smallest absolute Gasteiger partial charge is 0.244 e. The first kappa shape index (κ1) is 21.2. The summed E-state index contributed by atoms with van der Waals surface area (Å²) in [6.45, 7) is 8.02. The third-order valence-electron chi connectivity index (χ3n) is 4.86. The van der Waals surface area contributed by atoms with Crippen molar-refractivity contribution in [1.82, 2.24) is 9.99 Å². The van der Waals surface area contributed by atoms with Crippen molar-refractivity contribution in [3.05, 3.63) is 86.2 Å². The van der Waals surface area contributed by atoms with Gasteiger partial charge in [0.25, 0.3) is 0 Å². The van der Waals surface area contributed by atoms with E-state index in [1.807, 2.05) is 62.6 Å². The highest BCUT2D eigenvalue weighted by atomic mass is 35.5. The third-order valence-corrected chi connectivity index (χ3v) is 5.40. The van der Waals surface area contributed by atoms with E-state index in [9.17, 15) is 4.79 Å².